The second kappa shape index (κ2) is 5.75. The maximum Gasteiger partial charge on any atom is 0.220 e. The predicted octanol–water partition coefficient (Wildman–Crippen LogP) is 2.26. The average Bonchev–Trinajstić information content (AvgIpc) is 2.58. The van der Waals surface area contributed by atoms with E-state index < -0.39 is 0 Å². The minimum Gasteiger partial charge on any atom is -0.351 e. The van der Waals surface area contributed by atoms with Crippen molar-refractivity contribution in [2.75, 3.05) is 0 Å². The van der Waals surface area contributed by atoms with Crippen molar-refractivity contribution in [2.45, 2.75) is 39.7 Å². The van der Waals surface area contributed by atoms with Gasteiger partial charge >= 0.3 is 0 Å². The van der Waals surface area contributed by atoms with Crippen molar-refractivity contribution in [1.29, 1.82) is 0 Å². The summed E-state index contributed by atoms with van der Waals surface area (Å²) in [5.74, 6) is 0.137. The Kier molecular flexibility index (Phi) is 4.59. The van der Waals surface area contributed by atoms with Gasteiger partial charge in [-0.2, -0.15) is 0 Å². The summed E-state index contributed by atoms with van der Waals surface area (Å²) in [5.41, 5.74) is 0. The van der Waals surface area contributed by atoms with Gasteiger partial charge in [-0.1, -0.05) is 13.3 Å². The first-order valence-electron chi connectivity index (χ1n) is 4.90. The molecule has 0 aliphatic rings. The molecule has 0 spiro atoms. The summed E-state index contributed by atoms with van der Waals surface area (Å²) in [7, 11) is 0. The van der Waals surface area contributed by atoms with Crippen LogP contribution in [0.5, 0.6) is 0 Å². The molecule has 1 heterocycles. The molecule has 0 aliphatic carbocycles. The molecule has 0 unspecified atom stereocenters. The number of carbonyl (C=O) groups excluding carboxylic acids is 1. The van der Waals surface area contributed by atoms with Crippen LogP contribution in [0.1, 0.15) is 36.1 Å². The molecule has 0 aliphatic heterocycles. The number of amides is 1. The normalized spacial score (nSPS) is 10.1. The highest BCUT2D eigenvalue weighted by molar-refractivity contribution is 7.11. The van der Waals surface area contributed by atoms with Gasteiger partial charge in [0.05, 0.1) is 11.6 Å². The van der Waals surface area contributed by atoms with E-state index >= 15 is 0 Å². The van der Waals surface area contributed by atoms with Crippen molar-refractivity contribution in [3.8, 4) is 0 Å². The van der Waals surface area contributed by atoms with Crippen LogP contribution in [0.4, 0.5) is 0 Å². The predicted molar refractivity (Wildman–Crippen MR) is 58.2 cm³/mol. The highest BCUT2D eigenvalue weighted by Gasteiger charge is 2.01. The van der Waals surface area contributed by atoms with Crippen molar-refractivity contribution >= 4 is 17.2 Å². The van der Waals surface area contributed by atoms with E-state index in [1.165, 1.54) is 0 Å². The SMILES string of the molecule is CCCCC(=O)NCc1cnc(C)s1. The number of nitrogens with zero attached hydrogens (tertiary/aromatic N) is 1. The van der Waals surface area contributed by atoms with E-state index in [1.54, 1.807) is 11.3 Å². The van der Waals surface area contributed by atoms with Crippen molar-refractivity contribution in [3.63, 3.8) is 0 Å². The fourth-order valence-corrected chi connectivity index (χ4v) is 1.83. The van der Waals surface area contributed by atoms with Crippen molar-refractivity contribution in [3.05, 3.63) is 16.1 Å². The van der Waals surface area contributed by atoms with Crippen LogP contribution in [0.3, 0.4) is 0 Å². The van der Waals surface area contributed by atoms with Gasteiger partial charge in [-0.05, 0) is 13.3 Å². The lowest BCUT2D eigenvalue weighted by Crippen LogP contribution is -2.21. The first kappa shape index (κ1) is 11.2. The number of aryl methyl sites for hydroxylation is 1. The van der Waals surface area contributed by atoms with E-state index in [2.05, 4.69) is 17.2 Å². The van der Waals surface area contributed by atoms with E-state index in [0.29, 0.717) is 13.0 Å². The van der Waals surface area contributed by atoms with Crippen LogP contribution in [-0.4, -0.2) is 10.9 Å². The van der Waals surface area contributed by atoms with Crippen molar-refractivity contribution in [2.24, 2.45) is 0 Å². The average molecular weight is 212 g/mol. The molecule has 0 saturated heterocycles. The molecule has 0 radical (unpaired) electrons. The highest BCUT2D eigenvalue weighted by atomic mass is 32.1. The van der Waals surface area contributed by atoms with E-state index in [9.17, 15) is 4.79 Å². The fraction of sp³-hybridized carbons (Fsp3) is 0.600. The molecule has 14 heavy (non-hydrogen) atoms. The molecule has 0 atom stereocenters. The Morgan fingerprint density at radius 2 is 2.43 bits per heavy atom. The van der Waals surface area contributed by atoms with Crippen LogP contribution >= 0.6 is 11.3 Å². The van der Waals surface area contributed by atoms with Crippen LogP contribution in [-0.2, 0) is 11.3 Å². The van der Waals surface area contributed by atoms with Gasteiger partial charge in [-0.25, -0.2) is 4.98 Å². The number of carbonyl (C=O) groups is 1. The van der Waals surface area contributed by atoms with E-state index in [1.807, 2.05) is 13.1 Å². The summed E-state index contributed by atoms with van der Waals surface area (Å²) < 4.78 is 0. The molecule has 0 bridgehead atoms. The summed E-state index contributed by atoms with van der Waals surface area (Å²) in [5, 5.41) is 3.92. The molecule has 78 valence electrons. The molecule has 0 saturated carbocycles. The Bertz CT molecular complexity index is 296. The zero-order chi connectivity index (χ0) is 10.4. The Morgan fingerprint density at radius 1 is 1.64 bits per heavy atom. The maximum atomic E-state index is 11.3. The molecule has 0 fully saturated rings. The third kappa shape index (κ3) is 3.87. The van der Waals surface area contributed by atoms with Gasteiger partial charge in [0, 0.05) is 17.5 Å². The Morgan fingerprint density at radius 3 is 3.00 bits per heavy atom. The second-order valence-corrected chi connectivity index (χ2v) is 4.55. The zero-order valence-corrected chi connectivity index (χ0v) is 9.49. The highest BCUT2D eigenvalue weighted by Crippen LogP contribution is 2.10. The molecular weight excluding hydrogens is 196 g/mol. The number of unbranched alkanes of at least 4 members (excludes halogenated alkanes) is 1. The fourth-order valence-electron chi connectivity index (χ4n) is 1.10. The monoisotopic (exact) mass is 212 g/mol. The maximum absolute atomic E-state index is 11.3. The number of nitrogens with one attached hydrogen (secondary N) is 1. The first-order valence-corrected chi connectivity index (χ1v) is 5.72. The molecule has 4 heteroatoms. The van der Waals surface area contributed by atoms with Gasteiger partial charge < -0.3 is 5.32 Å². The lowest BCUT2D eigenvalue weighted by Gasteiger charge is -2.01. The molecule has 3 nitrogen and oxygen atoms in total. The molecule has 0 aromatic carbocycles. The van der Waals surface area contributed by atoms with Crippen LogP contribution in [0.25, 0.3) is 0 Å². The Balaban J connectivity index is 2.23. The van der Waals surface area contributed by atoms with E-state index in [-0.39, 0.29) is 5.91 Å². The van der Waals surface area contributed by atoms with Crippen LogP contribution in [0.15, 0.2) is 6.20 Å². The van der Waals surface area contributed by atoms with Gasteiger partial charge in [0.1, 0.15) is 0 Å². The first-order chi connectivity index (χ1) is 6.72. The summed E-state index contributed by atoms with van der Waals surface area (Å²) in [6.45, 7) is 4.67. The third-order valence-corrected chi connectivity index (χ3v) is 2.80. The second-order valence-electron chi connectivity index (χ2n) is 3.23. The lowest BCUT2D eigenvalue weighted by atomic mass is 10.2. The van der Waals surface area contributed by atoms with Gasteiger partial charge in [-0.3, -0.25) is 4.79 Å². The molecule has 1 aromatic rings. The van der Waals surface area contributed by atoms with E-state index in [4.69, 9.17) is 0 Å². The Hall–Kier alpha value is -0.900. The zero-order valence-electron chi connectivity index (χ0n) is 8.67. The van der Waals surface area contributed by atoms with Gasteiger partial charge in [0.25, 0.3) is 0 Å². The molecule has 1 N–H and O–H groups in total. The molecule has 1 amide bonds. The minimum atomic E-state index is 0.137. The van der Waals surface area contributed by atoms with Crippen LogP contribution in [0.2, 0.25) is 0 Å². The Labute approximate surface area is 88.6 Å². The quantitative estimate of drug-likeness (QED) is 0.813. The lowest BCUT2D eigenvalue weighted by molar-refractivity contribution is -0.121. The number of aromatic nitrogens is 1. The minimum absolute atomic E-state index is 0.137. The summed E-state index contributed by atoms with van der Waals surface area (Å²) in [6, 6.07) is 0. The third-order valence-electron chi connectivity index (χ3n) is 1.89. The number of hydrogen-bond donors (Lipinski definition) is 1. The number of thiazole rings is 1. The summed E-state index contributed by atoms with van der Waals surface area (Å²) in [4.78, 5) is 16.5. The topological polar surface area (TPSA) is 42.0 Å². The van der Waals surface area contributed by atoms with Crippen LogP contribution < -0.4 is 5.32 Å². The summed E-state index contributed by atoms with van der Waals surface area (Å²) in [6.07, 6.45) is 4.48. The molecule has 1 rings (SSSR count). The van der Waals surface area contributed by atoms with Crippen molar-refractivity contribution < 1.29 is 4.79 Å². The molecular formula is C10H16N2OS. The molecule has 1 aromatic heterocycles. The van der Waals surface area contributed by atoms with Crippen LogP contribution in [0, 0.1) is 6.92 Å². The number of rotatable bonds is 5. The van der Waals surface area contributed by atoms with Gasteiger partial charge in [0.15, 0.2) is 0 Å². The standard InChI is InChI=1S/C10H16N2OS/c1-3-4-5-10(13)12-7-9-6-11-8(2)14-9/h6H,3-5,7H2,1-2H3,(H,12,13). The largest absolute Gasteiger partial charge is 0.351 e. The van der Waals surface area contributed by atoms with E-state index in [0.717, 1.165) is 22.7 Å². The van der Waals surface area contributed by atoms with Gasteiger partial charge in [-0.15, -0.1) is 11.3 Å². The van der Waals surface area contributed by atoms with Gasteiger partial charge in [0.2, 0.25) is 5.91 Å². The smallest absolute Gasteiger partial charge is 0.220 e. The summed E-state index contributed by atoms with van der Waals surface area (Å²) >= 11 is 1.63. The number of hydrogen-bond acceptors (Lipinski definition) is 3. The van der Waals surface area contributed by atoms with Crippen molar-refractivity contribution in [1.82, 2.24) is 10.3 Å².